The molecule has 0 saturated carbocycles. The maximum absolute atomic E-state index is 15.5. The van der Waals surface area contributed by atoms with Crippen LogP contribution in [-0.4, -0.2) is 75.3 Å². The van der Waals surface area contributed by atoms with Crippen molar-refractivity contribution in [2.24, 2.45) is 0 Å². The average Bonchev–Trinajstić information content (AvgIpc) is 3.23. The molecule has 2 aromatic heterocycles. The number of carbonyl (C=O) groups excluding carboxylic acids is 1. The van der Waals surface area contributed by atoms with Crippen LogP contribution in [0.2, 0.25) is 0 Å². The minimum Gasteiger partial charge on any atom is -0.468 e. The van der Waals surface area contributed by atoms with Crippen LogP contribution in [0.1, 0.15) is 20.1 Å². The predicted octanol–water partition coefficient (Wildman–Crippen LogP) is -0.00590. The molecular formula is C16H25FN7O6P. The van der Waals surface area contributed by atoms with Crippen LogP contribution >= 0.6 is 8.18 Å². The number of aromatic nitrogens is 4. The third-order valence-electron chi connectivity index (χ3n) is 4.91. The second-order valence-electron chi connectivity index (χ2n) is 7.12. The summed E-state index contributed by atoms with van der Waals surface area (Å²) < 4.78 is 44.2. The fourth-order valence-electron chi connectivity index (χ4n) is 3.24. The minimum atomic E-state index is -2.89. The van der Waals surface area contributed by atoms with Crippen molar-refractivity contribution < 1.29 is 32.9 Å². The number of nitrogen functional groups attached to an aromatic ring is 1. The Kier molecular flexibility index (Phi) is 6.76. The Morgan fingerprint density at radius 2 is 2.26 bits per heavy atom. The van der Waals surface area contributed by atoms with E-state index in [0.717, 1.165) is 0 Å². The molecule has 1 saturated heterocycles. The molecule has 0 spiro atoms. The highest BCUT2D eigenvalue weighted by Crippen LogP contribution is 2.43. The number of hydrogen-bond donors (Lipinski definition) is 4. The van der Waals surface area contributed by atoms with E-state index in [-0.39, 0.29) is 18.2 Å². The number of rotatable bonds is 8. The fourth-order valence-corrected chi connectivity index (χ4v) is 4.11. The molecule has 0 aliphatic carbocycles. The number of nitrogens with zero attached hydrogens (tertiary/aromatic N) is 4. The number of fused-ring (bicyclic) bond motifs is 1. The summed E-state index contributed by atoms with van der Waals surface area (Å²) in [6, 6.07) is -0.867. The number of anilines is 2. The maximum Gasteiger partial charge on any atom is 0.322 e. The zero-order valence-electron chi connectivity index (χ0n) is 17.3. The van der Waals surface area contributed by atoms with Crippen LogP contribution in [-0.2, 0) is 23.4 Å². The molecule has 3 rings (SSSR count). The van der Waals surface area contributed by atoms with Crippen LogP contribution in [0, 0.1) is 0 Å². The first-order chi connectivity index (χ1) is 14.6. The average molecular weight is 461 g/mol. The first kappa shape index (κ1) is 23.3. The quantitative estimate of drug-likeness (QED) is 0.306. The number of hydrogen-bond acceptors (Lipinski definition) is 11. The van der Waals surface area contributed by atoms with Gasteiger partial charge in [-0.1, -0.05) is 0 Å². The molecule has 0 aromatic carbocycles. The molecule has 1 unspecified atom stereocenters. The van der Waals surface area contributed by atoms with Crippen LogP contribution in [0.25, 0.3) is 11.2 Å². The summed E-state index contributed by atoms with van der Waals surface area (Å²) in [7, 11) is -0.0678. The summed E-state index contributed by atoms with van der Waals surface area (Å²) >= 11 is 0. The topological polar surface area (TPSA) is 176 Å². The predicted molar refractivity (Wildman–Crippen MR) is 108 cm³/mol. The summed E-state index contributed by atoms with van der Waals surface area (Å²) in [6.45, 7) is 2.23. The summed E-state index contributed by atoms with van der Waals surface area (Å²) in [5.74, 6) is -0.323. The van der Waals surface area contributed by atoms with E-state index >= 15 is 4.39 Å². The molecule has 3 heterocycles. The van der Waals surface area contributed by atoms with E-state index < -0.39 is 44.3 Å². The van der Waals surface area contributed by atoms with Gasteiger partial charge in [-0.25, -0.2) is 14.5 Å². The maximum atomic E-state index is 15.5. The molecule has 13 nitrogen and oxygen atoms in total. The number of aliphatic hydroxyl groups is 1. The van der Waals surface area contributed by atoms with Gasteiger partial charge >= 0.3 is 5.97 Å². The first-order valence-corrected chi connectivity index (χ1v) is 10.6. The van der Waals surface area contributed by atoms with E-state index in [1.54, 1.807) is 7.05 Å². The van der Waals surface area contributed by atoms with Gasteiger partial charge in [-0.15, -0.1) is 0 Å². The van der Waals surface area contributed by atoms with Gasteiger partial charge in [0.05, 0.1) is 20.0 Å². The number of aliphatic hydroxyl groups excluding tert-OH is 1. The molecule has 15 heteroatoms. The number of halogens is 1. The van der Waals surface area contributed by atoms with E-state index in [2.05, 4.69) is 30.1 Å². The van der Waals surface area contributed by atoms with E-state index in [9.17, 15) is 14.5 Å². The van der Waals surface area contributed by atoms with Crippen molar-refractivity contribution in [2.45, 2.75) is 44.0 Å². The van der Waals surface area contributed by atoms with Gasteiger partial charge in [0.2, 0.25) is 5.95 Å². The van der Waals surface area contributed by atoms with Crippen LogP contribution in [0.3, 0.4) is 0 Å². The minimum absolute atomic E-state index is 0.0537. The normalized spacial score (nSPS) is 27.9. The van der Waals surface area contributed by atoms with Gasteiger partial charge in [-0.3, -0.25) is 13.9 Å². The SMILES string of the molecule is CNc1nc(N)nc2c1ncn2[C@@H]1O[C@H](CO[PH](=O)N[C@@H](C)C(=O)OC)[C@@H](O)[C@@]1(C)F. The lowest BCUT2D eigenvalue weighted by Crippen LogP contribution is -2.40. The lowest BCUT2D eigenvalue weighted by Gasteiger charge is -2.24. The molecule has 0 amide bonds. The second-order valence-corrected chi connectivity index (χ2v) is 8.27. The molecule has 0 radical (unpaired) electrons. The van der Waals surface area contributed by atoms with Crippen LogP contribution in [0.15, 0.2) is 6.33 Å². The number of esters is 1. The Labute approximate surface area is 177 Å². The fraction of sp³-hybridized carbons (Fsp3) is 0.625. The van der Waals surface area contributed by atoms with Crippen molar-refractivity contribution in [2.75, 3.05) is 31.8 Å². The van der Waals surface area contributed by atoms with E-state index in [1.165, 1.54) is 31.9 Å². The number of methoxy groups -OCH3 is 1. The van der Waals surface area contributed by atoms with Crippen LogP contribution in [0.4, 0.5) is 16.2 Å². The third kappa shape index (κ3) is 4.48. The smallest absolute Gasteiger partial charge is 0.322 e. The van der Waals surface area contributed by atoms with Gasteiger partial charge < -0.3 is 30.2 Å². The molecule has 5 N–H and O–H groups in total. The largest absolute Gasteiger partial charge is 0.468 e. The second kappa shape index (κ2) is 9.01. The first-order valence-electron chi connectivity index (χ1n) is 9.31. The summed E-state index contributed by atoms with van der Waals surface area (Å²) in [5.41, 5.74) is 4.02. The third-order valence-corrected chi connectivity index (χ3v) is 6.01. The van der Waals surface area contributed by atoms with Gasteiger partial charge in [0.15, 0.2) is 28.9 Å². The molecular weight excluding hydrogens is 436 g/mol. The van der Waals surface area contributed by atoms with E-state index in [0.29, 0.717) is 11.3 Å². The number of imidazole rings is 1. The Balaban J connectivity index is 1.76. The molecule has 1 fully saturated rings. The Bertz CT molecular complexity index is 989. The molecule has 31 heavy (non-hydrogen) atoms. The monoisotopic (exact) mass is 461 g/mol. The Hall–Kier alpha value is -2.38. The molecule has 2 aromatic rings. The van der Waals surface area contributed by atoms with Crippen LogP contribution in [0.5, 0.6) is 0 Å². The zero-order chi connectivity index (χ0) is 22.9. The van der Waals surface area contributed by atoms with Gasteiger partial charge in [0, 0.05) is 7.05 Å². The van der Waals surface area contributed by atoms with Gasteiger partial charge in [-0.2, -0.15) is 9.97 Å². The number of nitrogens with two attached hydrogens (primary N) is 1. The van der Waals surface area contributed by atoms with E-state index in [1.807, 2.05) is 0 Å². The molecule has 6 atom stereocenters. The van der Waals surface area contributed by atoms with Crippen molar-refractivity contribution in [3.63, 3.8) is 0 Å². The zero-order valence-corrected chi connectivity index (χ0v) is 18.3. The standard InChI is InChI=1S/C16H25FN7O6P/c1-7(13(26)28-4)23-31(27)29-5-8-10(25)16(2,17)14(30-8)24-6-20-9-11(19-3)21-15(18)22-12(9)24/h6-8,10,14,25,31H,5H2,1-4H3,(H,23,27)(H3,18,19,21,22)/t7-,8+,10+,14+,16+/m0/s1. The van der Waals surface area contributed by atoms with Crippen LogP contribution < -0.4 is 16.1 Å². The van der Waals surface area contributed by atoms with Crippen molar-refractivity contribution in [3.05, 3.63) is 6.33 Å². The van der Waals surface area contributed by atoms with Gasteiger partial charge in [-0.05, 0) is 13.8 Å². The molecule has 1 aliphatic rings. The number of nitrogens with one attached hydrogen (secondary N) is 2. The van der Waals surface area contributed by atoms with Crippen molar-refractivity contribution >= 4 is 37.1 Å². The molecule has 172 valence electrons. The summed E-state index contributed by atoms with van der Waals surface area (Å²) in [6.07, 6.45) is -2.76. The lowest BCUT2D eigenvalue weighted by molar-refractivity contribution is -0.142. The van der Waals surface area contributed by atoms with E-state index in [4.69, 9.17) is 15.0 Å². The summed E-state index contributed by atoms with van der Waals surface area (Å²) in [4.78, 5) is 23.7. The van der Waals surface area contributed by atoms with Crippen molar-refractivity contribution in [3.8, 4) is 0 Å². The highest BCUT2D eigenvalue weighted by Gasteiger charge is 2.55. The summed E-state index contributed by atoms with van der Waals surface area (Å²) in [5, 5.41) is 15.7. The van der Waals surface area contributed by atoms with Crippen molar-refractivity contribution in [1.82, 2.24) is 24.6 Å². The number of alkyl halides is 1. The highest BCUT2D eigenvalue weighted by atomic mass is 31.1. The number of carbonyl (C=O) groups is 1. The Morgan fingerprint density at radius 1 is 1.55 bits per heavy atom. The molecule has 0 bridgehead atoms. The Morgan fingerprint density at radius 3 is 2.90 bits per heavy atom. The molecule has 1 aliphatic heterocycles. The van der Waals surface area contributed by atoms with Gasteiger partial charge in [0.25, 0.3) is 8.18 Å². The van der Waals surface area contributed by atoms with Crippen molar-refractivity contribution in [1.29, 1.82) is 0 Å². The highest BCUT2D eigenvalue weighted by molar-refractivity contribution is 7.36. The lowest BCUT2D eigenvalue weighted by atomic mass is 9.98. The number of ether oxygens (including phenoxy) is 2. The van der Waals surface area contributed by atoms with Gasteiger partial charge in [0.1, 0.15) is 18.2 Å².